The lowest BCUT2D eigenvalue weighted by molar-refractivity contribution is -0.137. The number of aliphatic carboxylic acids is 1. The van der Waals surface area contributed by atoms with Crippen LogP contribution in [-0.4, -0.2) is 42.2 Å². The maximum Gasteiger partial charge on any atom is 0.304 e. The molecule has 0 unspecified atom stereocenters. The Morgan fingerprint density at radius 1 is 0.914 bits per heavy atom. The van der Waals surface area contributed by atoms with Crippen LogP contribution in [0.25, 0.3) is 0 Å². The van der Waals surface area contributed by atoms with Crippen molar-refractivity contribution in [3.05, 3.63) is 95.6 Å². The molecule has 4 rings (SSSR count). The van der Waals surface area contributed by atoms with Gasteiger partial charge in [0.25, 0.3) is 0 Å². The summed E-state index contributed by atoms with van der Waals surface area (Å²) in [6.45, 7) is 7.41. The average Bonchev–Trinajstić information content (AvgIpc) is 2.89. The molecule has 5 nitrogen and oxygen atoms in total. The maximum atomic E-state index is 11.1. The number of benzene rings is 3. The molecule has 1 fully saturated rings. The van der Waals surface area contributed by atoms with E-state index in [0.717, 1.165) is 49.6 Å². The van der Waals surface area contributed by atoms with Crippen molar-refractivity contribution in [1.82, 2.24) is 4.90 Å². The second-order valence-electron chi connectivity index (χ2n) is 8.82. The molecular formula is C30H32N2O3. The molecule has 3 aromatic carbocycles. The second kappa shape index (κ2) is 12.1. The Kier molecular flexibility index (Phi) is 8.43. The number of ether oxygens (including phenoxy) is 1. The van der Waals surface area contributed by atoms with Gasteiger partial charge in [0.05, 0.1) is 12.3 Å². The van der Waals surface area contributed by atoms with E-state index in [-0.39, 0.29) is 12.3 Å². The van der Waals surface area contributed by atoms with Gasteiger partial charge in [0.2, 0.25) is 0 Å². The zero-order chi connectivity index (χ0) is 24.5. The number of piperazine rings is 1. The van der Waals surface area contributed by atoms with Gasteiger partial charge in [-0.2, -0.15) is 0 Å². The zero-order valence-electron chi connectivity index (χ0n) is 20.2. The molecule has 0 radical (unpaired) electrons. The minimum absolute atomic E-state index is 0.00387. The Balaban J connectivity index is 1.24. The van der Waals surface area contributed by atoms with Gasteiger partial charge in [-0.25, -0.2) is 0 Å². The summed E-state index contributed by atoms with van der Waals surface area (Å²) in [7, 11) is 0. The fraction of sp³-hybridized carbons (Fsp3) is 0.300. The number of carbonyl (C=O) groups is 1. The lowest BCUT2D eigenvalue weighted by Crippen LogP contribution is -2.45. The van der Waals surface area contributed by atoms with Crippen LogP contribution in [0.15, 0.2) is 78.9 Å². The first-order valence-electron chi connectivity index (χ1n) is 12.1. The minimum atomic E-state index is -0.851. The normalized spacial score (nSPS) is 14.6. The number of carboxylic acids is 1. The highest BCUT2D eigenvalue weighted by Crippen LogP contribution is 2.23. The standard InChI is InChI=1S/C30H32N2O3/c1-2-6-27(21-30(33)34)26-13-15-29(16-14-26)35-23-25-11-9-24(10-12-25)22-31-17-19-32(20-18-31)28-7-4-3-5-8-28/h3-5,7-16,27H,17-23H2,1H3,(H,33,34)/t27-/m0/s1. The molecule has 1 N–H and O–H groups in total. The average molecular weight is 469 g/mol. The topological polar surface area (TPSA) is 53.0 Å². The Morgan fingerprint density at radius 2 is 1.57 bits per heavy atom. The van der Waals surface area contributed by atoms with Crippen LogP contribution in [0.5, 0.6) is 5.75 Å². The van der Waals surface area contributed by atoms with Gasteiger partial charge < -0.3 is 14.7 Å². The molecule has 0 bridgehead atoms. The summed E-state index contributed by atoms with van der Waals surface area (Å²) in [6, 6.07) is 26.8. The van der Waals surface area contributed by atoms with E-state index in [1.807, 2.05) is 24.3 Å². The summed E-state index contributed by atoms with van der Waals surface area (Å²) in [4.78, 5) is 16.0. The SMILES string of the molecule is CC#C[C@@H](CC(=O)O)c1ccc(OCc2ccc(CN3CCN(c4ccccc4)CC3)cc2)cc1. The van der Waals surface area contributed by atoms with Crippen molar-refractivity contribution in [2.45, 2.75) is 32.4 Å². The first-order valence-corrected chi connectivity index (χ1v) is 12.1. The van der Waals surface area contributed by atoms with Gasteiger partial charge in [-0.3, -0.25) is 9.69 Å². The predicted octanol–water partition coefficient (Wildman–Crippen LogP) is 5.17. The lowest BCUT2D eigenvalue weighted by atomic mass is 9.96. The molecule has 0 spiro atoms. The zero-order valence-corrected chi connectivity index (χ0v) is 20.2. The van der Waals surface area contributed by atoms with E-state index in [0.29, 0.717) is 6.61 Å². The van der Waals surface area contributed by atoms with Crippen molar-refractivity contribution in [3.63, 3.8) is 0 Å². The number of anilines is 1. The van der Waals surface area contributed by atoms with Crippen molar-refractivity contribution in [2.24, 2.45) is 0 Å². The number of carboxylic acid groups (broad SMARTS) is 1. The van der Waals surface area contributed by atoms with E-state index in [1.54, 1.807) is 6.92 Å². The summed E-state index contributed by atoms with van der Waals surface area (Å²) < 4.78 is 5.94. The first-order chi connectivity index (χ1) is 17.1. The van der Waals surface area contributed by atoms with E-state index < -0.39 is 5.97 Å². The predicted molar refractivity (Wildman–Crippen MR) is 140 cm³/mol. The van der Waals surface area contributed by atoms with E-state index in [2.05, 4.69) is 76.2 Å². The summed E-state index contributed by atoms with van der Waals surface area (Å²) in [5, 5.41) is 9.10. The van der Waals surface area contributed by atoms with Gasteiger partial charge in [-0.15, -0.1) is 5.92 Å². The number of hydrogen-bond donors (Lipinski definition) is 1. The third-order valence-corrected chi connectivity index (χ3v) is 6.31. The van der Waals surface area contributed by atoms with Gasteiger partial charge in [0.15, 0.2) is 0 Å². The van der Waals surface area contributed by atoms with Crippen molar-refractivity contribution in [2.75, 3.05) is 31.1 Å². The van der Waals surface area contributed by atoms with Gasteiger partial charge in [-0.1, -0.05) is 60.5 Å². The largest absolute Gasteiger partial charge is 0.489 e. The molecule has 1 heterocycles. The van der Waals surface area contributed by atoms with Gasteiger partial charge in [0.1, 0.15) is 12.4 Å². The fourth-order valence-electron chi connectivity index (χ4n) is 4.37. The van der Waals surface area contributed by atoms with Crippen LogP contribution in [0.1, 0.15) is 36.0 Å². The molecule has 0 aromatic heterocycles. The molecular weight excluding hydrogens is 436 g/mol. The highest BCUT2D eigenvalue weighted by Gasteiger charge is 2.17. The van der Waals surface area contributed by atoms with Gasteiger partial charge in [-0.05, 0) is 47.9 Å². The number of nitrogens with zero attached hydrogens (tertiary/aromatic N) is 2. The van der Waals surface area contributed by atoms with Crippen molar-refractivity contribution in [1.29, 1.82) is 0 Å². The summed E-state index contributed by atoms with van der Waals surface area (Å²) in [5.41, 5.74) is 4.63. The third kappa shape index (κ3) is 7.11. The van der Waals surface area contributed by atoms with Crippen molar-refractivity contribution >= 4 is 11.7 Å². The van der Waals surface area contributed by atoms with E-state index in [4.69, 9.17) is 9.84 Å². The quantitative estimate of drug-likeness (QED) is 0.439. The molecule has 1 saturated heterocycles. The number of rotatable bonds is 9. The van der Waals surface area contributed by atoms with Crippen LogP contribution >= 0.6 is 0 Å². The molecule has 5 heteroatoms. The molecule has 0 saturated carbocycles. The summed E-state index contributed by atoms with van der Waals surface area (Å²) >= 11 is 0. The van der Waals surface area contributed by atoms with Crippen LogP contribution in [0.4, 0.5) is 5.69 Å². The van der Waals surface area contributed by atoms with Crippen LogP contribution in [0.2, 0.25) is 0 Å². The fourth-order valence-corrected chi connectivity index (χ4v) is 4.37. The Morgan fingerprint density at radius 3 is 2.20 bits per heavy atom. The summed E-state index contributed by atoms with van der Waals surface area (Å²) in [5.74, 6) is 5.40. The van der Waals surface area contributed by atoms with Crippen LogP contribution in [0.3, 0.4) is 0 Å². The van der Waals surface area contributed by atoms with Crippen molar-refractivity contribution in [3.8, 4) is 17.6 Å². The Hall–Kier alpha value is -3.75. The highest BCUT2D eigenvalue weighted by atomic mass is 16.5. The Labute approximate surface area is 208 Å². The van der Waals surface area contributed by atoms with E-state index in [9.17, 15) is 4.79 Å². The maximum absolute atomic E-state index is 11.1. The lowest BCUT2D eigenvalue weighted by Gasteiger charge is -2.36. The monoisotopic (exact) mass is 468 g/mol. The molecule has 35 heavy (non-hydrogen) atoms. The first kappa shape index (κ1) is 24.4. The second-order valence-corrected chi connectivity index (χ2v) is 8.82. The molecule has 0 amide bonds. The van der Waals surface area contributed by atoms with Gasteiger partial charge in [0, 0.05) is 38.4 Å². The van der Waals surface area contributed by atoms with Crippen molar-refractivity contribution < 1.29 is 14.6 Å². The molecule has 0 aliphatic carbocycles. The molecule has 1 aliphatic heterocycles. The van der Waals surface area contributed by atoms with E-state index >= 15 is 0 Å². The molecule has 1 aliphatic rings. The number of hydrogen-bond acceptors (Lipinski definition) is 4. The number of para-hydroxylation sites is 1. The summed E-state index contributed by atoms with van der Waals surface area (Å²) in [6.07, 6.45) is -0.00387. The van der Waals surface area contributed by atoms with Crippen LogP contribution < -0.4 is 9.64 Å². The van der Waals surface area contributed by atoms with Crippen LogP contribution in [-0.2, 0) is 17.9 Å². The smallest absolute Gasteiger partial charge is 0.304 e. The molecule has 180 valence electrons. The third-order valence-electron chi connectivity index (χ3n) is 6.31. The van der Waals surface area contributed by atoms with Gasteiger partial charge >= 0.3 is 5.97 Å². The Bertz CT molecular complexity index is 1140. The molecule has 3 aromatic rings. The highest BCUT2D eigenvalue weighted by molar-refractivity contribution is 5.69. The minimum Gasteiger partial charge on any atom is -0.489 e. The molecule has 1 atom stereocenters. The van der Waals surface area contributed by atoms with Crippen LogP contribution in [0, 0.1) is 11.8 Å². The van der Waals surface area contributed by atoms with E-state index in [1.165, 1.54) is 11.3 Å².